The predicted molar refractivity (Wildman–Crippen MR) is 103 cm³/mol. The second kappa shape index (κ2) is 9.00. The molecule has 0 saturated carbocycles. The summed E-state index contributed by atoms with van der Waals surface area (Å²) in [6.07, 6.45) is 6.73. The van der Waals surface area contributed by atoms with Gasteiger partial charge in [-0.15, -0.1) is 11.3 Å². The van der Waals surface area contributed by atoms with E-state index in [2.05, 4.69) is 33.8 Å². The summed E-state index contributed by atoms with van der Waals surface area (Å²) in [7, 11) is 0. The van der Waals surface area contributed by atoms with Crippen molar-refractivity contribution in [2.75, 3.05) is 25.0 Å². The van der Waals surface area contributed by atoms with Gasteiger partial charge in [-0.2, -0.15) is 0 Å². The van der Waals surface area contributed by atoms with Gasteiger partial charge in [-0.05, 0) is 74.5 Å². The van der Waals surface area contributed by atoms with E-state index in [1.807, 2.05) is 18.2 Å². The van der Waals surface area contributed by atoms with E-state index >= 15 is 0 Å². The number of nitrogens with zero attached hydrogens (tertiary/aromatic N) is 1. The van der Waals surface area contributed by atoms with Crippen LogP contribution in [0.2, 0.25) is 0 Å². The van der Waals surface area contributed by atoms with Crippen molar-refractivity contribution >= 4 is 22.9 Å². The number of unbranched alkanes of at least 4 members (excludes halogenated alkanes) is 1. The molecule has 0 aliphatic carbocycles. The summed E-state index contributed by atoms with van der Waals surface area (Å²) in [6.45, 7) is 3.62. The van der Waals surface area contributed by atoms with Crippen LogP contribution in [0.1, 0.15) is 38.5 Å². The third-order valence-corrected chi connectivity index (χ3v) is 5.45. The Kier molecular flexibility index (Phi) is 6.44. The molecule has 0 unspecified atom stereocenters. The molecule has 1 fully saturated rings. The van der Waals surface area contributed by atoms with E-state index in [-0.39, 0.29) is 5.91 Å². The molecule has 1 saturated heterocycles. The fraction of sp³-hybridized carbons (Fsp3) is 0.450. The number of benzene rings is 1. The zero-order valence-corrected chi connectivity index (χ0v) is 15.0. The van der Waals surface area contributed by atoms with Crippen molar-refractivity contribution in [3.8, 4) is 10.4 Å². The predicted octanol–water partition coefficient (Wildman–Crippen LogP) is 5.01. The maximum Gasteiger partial charge on any atom is 0.224 e. The maximum atomic E-state index is 12.1. The van der Waals surface area contributed by atoms with Gasteiger partial charge in [-0.25, -0.2) is 0 Å². The summed E-state index contributed by atoms with van der Waals surface area (Å²) < 4.78 is 0. The molecule has 1 aliphatic rings. The first-order chi connectivity index (χ1) is 11.8. The molecule has 4 heteroatoms. The molecule has 2 aromatic rings. The topological polar surface area (TPSA) is 32.3 Å². The average Bonchev–Trinajstić information content (AvgIpc) is 3.15. The summed E-state index contributed by atoms with van der Waals surface area (Å²) in [5, 5.41) is 5.11. The van der Waals surface area contributed by atoms with E-state index in [1.165, 1.54) is 37.2 Å². The molecular formula is C20H26N2OS. The average molecular weight is 343 g/mol. The van der Waals surface area contributed by atoms with Crippen LogP contribution >= 0.6 is 11.3 Å². The molecule has 0 atom stereocenters. The molecule has 3 nitrogen and oxygen atoms in total. The third kappa shape index (κ3) is 5.18. The zero-order chi connectivity index (χ0) is 16.6. The van der Waals surface area contributed by atoms with Crippen LogP contribution in [0.25, 0.3) is 10.4 Å². The number of carbonyl (C=O) groups is 1. The lowest BCUT2D eigenvalue weighted by Crippen LogP contribution is -2.30. The van der Waals surface area contributed by atoms with E-state index in [0.29, 0.717) is 6.42 Å². The summed E-state index contributed by atoms with van der Waals surface area (Å²) in [4.78, 5) is 15.9. The number of carbonyl (C=O) groups excluding carboxylic acids is 1. The quantitative estimate of drug-likeness (QED) is 0.717. The molecule has 0 bridgehead atoms. The number of hydrogen-bond acceptors (Lipinski definition) is 3. The van der Waals surface area contributed by atoms with E-state index in [4.69, 9.17) is 0 Å². The van der Waals surface area contributed by atoms with Gasteiger partial charge in [0.2, 0.25) is 5.91 Å². The first-order valence-corrected chi connectivity index (χ1v) is 9.85. The largest absolute Gasteiger partial charge is 0.326 e. The molecular weight excluding hydrogens is 316 g/mol. The minimum Gasteiger partial charge on any atom is -0.326 e. The van der Waals surface area contributed by atoms with Crippen molar-refractivity contribution in [1.29, 1.82) is 0 Å². The number of rotatable bonds is 7. The molecule has 24 heavy (non-hydrogen) atoms. The van der Waals surface area contributed by atoms with Gasteiger partial charge in [0, 0.05) is 17.0 Å². The van der Waals surface area contributed by atoms with Gasteiger partial charge < -0.3 is 10.2 Å². The minimum absolute atomic E-state index is 0.122. The van der Waals surface area contributed by atoms with Crippen molar-refractivity contribution in [2.24, 2.45) is 0 Å². The minimum atomic E-state index is 0.122. The van der Waals surface area contributed by atoms with Gasteiger partial charge >= 0.3 is 0 Å². The van der Waals surface area contributed by atoms with Crippen LogP contribution in [-0.2, 0) is 4.79 Å². The number of nitrogens with one attached hydrogen (secondary N) is 1. The van der Waals surface area contributed by atoms with Crippen molar-refractivity contribution in [2.45, 2.75) is 38.5 Å². The lowest BCUT2D eigenvalue weighted by Gasteiger charge is -2.26. The SMILES string of the molecule is O=C(CCCCN1CCCCC1)Nc1cccc(-c2cccs2)c1. The fourth-order valence-corrected chi connectivity index (χ4v) is 3.94. The summed E-state index contributed by atoms with van der Waals surface area (Å²) in [5.41, 5.74) is 2.05. The van der Waals surface area contributed by atoms with Gasteiger partial charge in [-0.1, -0.05) is 24.6 Å². The monoisotopic (exact) mass is 342 g/mol. The number of thiophene rings is 1. The highest BCUT2D eigenvalue weighted by Gasteiger charge is 2.10. The van der Waals surface area contributed by atoms with Gasteiger partial charge in [0.15, 0.2) is 0 Å². The van der Waals surface area contributed by atoms with Crippen LogP contribution in [0.15, 0.2) is 41.8 Å². The van der Waals surface area contributed by atoms with Gasteiger partial charge in [0.1, 0.15) is 0 Å². The smallest absolute Gasteiger partial charge is 0.224 e. The number of hydrogen-bond donors (Lipinski definition) is 1. The van der Waals surface area contributed by atoms with Crippen LogP contribution in [-0.4, -0.2) is 30.4 Å². The van der Waals surface area contributed by atoms with Crippen LogP contribution in [0.5, 0.6) is 0 Å². The molecule has 0 spiro atoms. The molecule has 128 valence electrons. The molecule has 1 amide bonds. The highest BCUT2D eigenvalue weighted by molar-refractivity contribution is 7.13. The van der Waals surface area contributed by atoms with Crippen LogP contribution in [0.4, 0.5) is 5.69 Å². The number of likely N-dealkylation sites (tertiary alicyclic amines) is 1. The van der Waals surface area contributed by atoms with Crippen LogP contribution in [0.3, 0.4) is 0 Å². The van der Waals surface area contributed by atoms with Crippen molar-refractivity contribution in [3.05, 3.63) is 41.8 Å². The Labute approximate surface area is 148 Å². The molecule has 3 rings (SSSR count). The lowest BCUT2D eigenvalue weighted by atomic mass is 10.1. The Morgan fingerprint density at radius 2 is 1.96 bits per heavy atom. The summed E-state index contributed by atoms with van der Waals surface area (Å²) in [6, 6.07) is 12.3. The Balaban J connectivity index is 1.41. The molecule has 1 aromatic heterocycles. The Hall–Kier alpha value is -1.65. The third-order valence-electron chi connectivity index (χ3n) is 4.53. The summed E-state index contributed by atoms with van der Waals surface area (Å²) in [5.74, 6) is 0.122. The van der Waals surface area contributed by atoms with E-state index < -0.39 is 0 Å². The van der Waals surface area contributed by atoms with Crippen LogP contribution in [0, 0.1) is 0 Å². The van der Waals surface area contributed by atoms with E-state index in [0.717, 1.165) is 30.6 Å². The van der Waals surface area contributed by atoms with Crippen molar-refractivity contribution < 1.29 is 4.79 Å². The molecule has 2 heterocycles. The Morgan fingerprint density at radius 3 is 2.75 bits per heavy atom. The first kappa shape index (κ1) is 17.2. The number of anilines is 1. The van der Waals surface area contributed by atoms with E-state index in [1.54, 1.807) is 11.3 Å². The molecule has 1 N–H and O–H groups in total. The fourth-order valence-electron chi connectivity index (χ4n) is 3.22. The zero-order valence-electron chi connectivity index (χ0n) is 14.2. The highest BCUT2D eigenvalue weighted by atomic mass is 32.1. The van der Waals surface area contributed by atoms with Gasteiger partial charge in [-0.3, -0.25) is 4.79 Å². The molecule has 0 radical (unpaired) electrons. The Morgan fingerprint density at radius 1 is 1.08 bits per heavy atom. The second-order valence-electron chi connectivity index (χ2n) is 6.47. The first-order valence-electron chi connectivity index (χ1n) is 8.97. The van der Waals surface area contributed by atoms with Crippen molar-refractivity contribution in [3.63, 3.8) is 0 Å². The maximum absolute atomic E-state index is 12.1. The molecule has 1 aliphatic heterocycles. The van der Waals surface area contributed by atoms with E-state index in [9.17, 15) is 4.79 Å². The van der Waals surface area contributed by atoms with Gasteiger partial charge in [0.05, 0.1) is 0 Å². The number of amides is 1. The lowest BCUT2D eigenvalue weighted by molar-refractivity contribution is -0.116. The number of piperidine rings is 1. The normalized spacial score (nSPS) is 15.3. The molecule has 1 aromatic carbocycles. The standard InChI is InChI=1S/C20H26N2OS/c23-20(11-2-5-14-22-12-3-1-4-13-22)21-18-9-6-8-17(16-18)19-10-7-15-24-19/h6-10,15-16H,1-5,11-14H2,(H,21,23). The highest BCUT2D eigenvalue weighted by Crippen LogP contribution is 2.26. The van der Waals surface area contributed by atoms with Crippen LogP contribution < -0.4 is 5.32 Å². The summed E-state index contributed by atoms with van der Waals surface area (Å²) >= 11 is 1.72. The van der Waals surface area contributed by atoms with Crippen molar-refractivity contribution in [1.82, 2.24) is 4.90 Å². The van der Waals surface area contributed by atoms with Gasteiger partial charge in [0.25, 0.3) is 0 Å². The second-order valence-corrected chi connectivity index (χ2v) is 7.41. The Bertz CT molecular complexity index is 633.